The number of hydrogen-bond acceptors (Lipinski definition) is 4. The summed E-state index contributed by atoms with van der Waals surface area (Å²) in [5.41, 5.74) is 2.16. The van der Waals surface area contributed by atoms with Crippen LogP contribution in [0, 0.1) is 0 Å². The van der Waals surface area contributed by atoms with E-state index in [1.165, 1.54) is 0 Å². The number of rotatable bonds is 6. The zero-order chi connectivity index (χ0) is 16.3. The maximum absolute atomic E-state index is 11.9. The fourth-order valence-corrected chi connectivity index (χ4v) is 3.83. The van der Waals surface area contributed by atoms with Crippen molar-refractivity contribution in [1.82, 2.24) is 0 Å². The molecule has 122 valence electrons. The standard InChI is InChI=1S/C16H23NO4S/c1-12(2)22(20,21)11-5-10-17-9-4-7-13-14(16(18)19)6-3-8-15(13)17/h3,6,8,12H,4-5,7,9-11H2,1-2H3,(H,18,19). The van der Waals surface area contributed by atoms with Crippen LogP contribution in [0.1, 0.15) is 42.6 Å². The molecule has 0 unspecified atom stereocenters. The van der Waals surface area contributed by atoms with Crippen molar-refractivity contribution in [1.29, 1.82) is 0 Å². The first kappa shape index (κ1) is 16.8. The van der Waals surface area contributed by atoms with Crippen LogP contribution in [0.3, 0.4) is 0 Å². The summed E-state index contributed by atoms with van der Waals surface area (Å²) >= 11 is 0. The average Bonchev–Trinajstić information content (AvgIpc) is 2.46. The SMILES string of the molecule is CC(C)S(=O)(=O)CCCN1CCCc2c(C(=O)O)cccc21. The maximum atomic E-state index is 11.9. The second-order valence-electron chi connectivity index (χ2n) is 5.97. The summed E-state index contributed by atoms with van der Waals surface area (Å²) in [5, 5.41) is 8.93. The predicted molar refractivity (Wildman–Crippen MR) is 87.5 cm³/mol. The van der Waals surface area contributed by atoms with E-state index in [0.29, 0.717) is 18.5 Å². The van der Waals surface area contributed by atoms with Gasteiger partial charge < -0.3 is 10.0 Å². The van der Waals surface area contributed by atoms with Crippen molar-refractivity contribution in [3.63, 3.8) is 0 Å². The normalized spacial score (nSPS) is 15.0. The number of carboxylic acids is 1. The highest BCUT2D eigenvalue weighted by atomic mass is 32.2. The summed E-state index contributed by atoms with van der Waals surface area (Å²) in [5.74, 6) is -0.726. The fraction of sp³-hybridized carbons (Fsp3) is 0.562. The number of anilines is 1. The molecule has 1 N–H and O–H groups in total. The molecule has 0 saturated heterocycles. The third-order valence-electron chi connectivity index (χ3n) is 4.15. The van der Waals surface area contributed by atoms with Gasteiger partial charge in [0.05, 0.1) is 16.6 Å². The van der Waals surface area contributed by atoms with Crippen LogP contribution in [-0.4, -0.2) is 43.6 Å². The molecule has 5 nitrogen and oxygen atoms in total. The number of aromatic carboxylic acids is 1. The minimum absolute atomic E-state index is 0.176. The Kier molecular flexibility index (Phi) is 5.11. The topological polar surface area (TPSA) is 74.7 Å². The van der Waals surface area contributed by atoms with Crippen LogP contribution in [0.25, 0.3) is 0 Å². The highest BCUT2D eigenvalue weighted by molar-refractivity contribution is 7.91. The summed E-state index contributed by atoms with van der Waals surface area (Å²) in [7, 11) is -3.02. The van der Waals surface area contributed by atoms with Crippen LogP contribution in [0.4, 0.5) is 5.69 Å². The summed E-state index contributed by atoms with van der Waals surface area (Å²) < 4.78 is 23.7. The highest BCUT2D eigenvalue weighted by Gasteiger charge is 2.22. The largest absolute Gasteiger partial charge is 0.478 e. The van der Waals surface area contributed by atoms with Gasteiger partial charge in [-0.15, -0.1) is 0 Å². The van der Waals surface area contributed by atoms with Gasteiger partial charge in [0.25, 0.3) is 0 Å². The number of nitrogens with zero attached hydrogens (tertiary/aromatic N) is 1. The maximum Gasteiger partial charge on any atom is 0.336 e. The summed E-state index contributed by atoms with van der Waals surface area (Å²) in [6.45, 7) is 4.88. The van der Waals surface area contributed by atoms with E-state index in [4.69, 9.17) is 0 Å². The number of sulfone groups is 1. The van der Waals surface area contributed by atoms with Gasteiger partial charge in [-0.1, -0.05) is 6.07 Å². The van der Waals surface area contributed by atoms with E-state index < -0.39 is 15.8 Å². The second kappa shape index (κ2) is 6.69. The lowest BCUT2D eigenvalue weighted by atomic mass is 9.96. The lowest BCUT2D eigenvalue weighted by Crippen LogP contribution is -2.32. The van der Waals surface area contributed by atoms with Crippen LogP contribution in [0.2, 0.25) is 0 Å². The highest BCUT2D eigenvalue weighted by Crippen LogP contribution is 2.30. The van der Waals surface area contributed by atoms with Gasteiger partial charge in [0.2, 0.25) is 0 Å². The lowest BCUT2D eigenvalue weighted by molar-refractivity contribution is 0.0695. The van der Waals surface area contributed by atoms with Crippen molar-refractivity contribution in [2.75, 3.05) is 23.7 Å². The van der Waals surface area contributed by atoms with Gasteiger partial charge >= 0.3 is 5.97 Å². The third kappa shape index (κ3) is 3.61. The smallest absolute Gasteiger partial charge is 0.336 e. The zero-order valence-corrected chi connectivity index (χ0v) is 13.9. The van der Waals surface area contributed by atoms with Gasteiger partial charge in [0.15, 0.2) is 9.84 Å². The van der Waals surface area contributed by atoms with Gasteiger partial charge in [-0.3, -0.25) is 0 Å². The summed E-state index contributed by atoms with van der Waals surface area (Å²) in [6, 6.07) is 5.32. The number of fused-ring (bicyclic) bond motifs is 1. The Morgan fingerprint density at radius 2 is 2.09 bits per heavy atom. The van der Waals surface area contributed by atoms with Crippen molar-refractivity contribution in [2.24, 2.45) is 0 Å². The van der Waals surface area contributed by atoms with Crippen molar-refractivity contribution >= 4 is 21.5 Å². The van der Waals surface area contributed by atoms with E-state index in [9.17, 15) is 18.3 Å². The Morgan fingerprint density at radius 1 is 1.36 bits per heavy atom. The molecule has 1 heterocycles. The molecule has 0 aliphatic carbocycles. The van der Waals surface area contributed by atoms with Crippen molar-refractivity contribution in [2.45, 2.75) is 38.4 Å². The molecule has 0 amide bonds. The van der Waals surface area contributed by atoms with Crippen LogP contribution >= 0.6 is 0 Å². The van der Waals surface area contributed by atoms with Gasteiger partial charge in [0, 0.05) is 18.8 Å². The average molecular weight is 325 g/mol. The molecular weight excluding hydrogens is 302 g/mol. The van der Waals surface area contributed by atoms with E-state index in [2.05, 4.69) is 4.90 Å². The number of hydrogen-bond donors (Lipinski definition) is 1. The molecule has 0 bridgehead atoms. The Labute approximate surface area is 131 Å². The van der Waals surface area contributed by atoms with E-state index >= 15 is 0 Å². The molecular formula is C16H23NO4S. The predicted octanol–water partition coefficient (Wildman–Crippen LogP) is 2.35. The lowest BCUT2D eigenvalue weighted by Gasteiger charge is -2.32. The molecule has 0 radical (unpaired) electrons. The van der Waals surface area contributed by atoms with Crippen molar-refractivity contribution in [3.8, 4) is 0 Å². The minimum Gasteiger partial charge on any atom is -0.478 e. The number of carbonyl (C=O) groups is 1. The minimum atomic E-state index is -3.02. The molecule has 1 aliphatic heterocycles. The summed E-state index contributed by atoms with van der Waals surface area (Å²) in [6.07, 6.45) is 2.23. The molecule has 6 heteroatoms. The first-order chi connectivity index (χ1) is 10.3. The van der Waals surface area contributed by atoms with E-state index in [1.54, 1.807) is 26.0 Å². The molecule has 22 heavy (non-hydrogen) atoms. The Balaban J connectivity index is 2.10. The van der Waals surface area contributed by atoms with E-state index in [1.807, 2.05) is 6.07 Å². The molecule has 0 spiro atoms. The van der Waals surface area contributed by atoms with Crippen LogP contribution in [0.5, 0.6) is 0 Å². The molecule has 0 aromatic heterocycles. The fourth-order valence-electron chi connectivity index (χ4n) is 2.83. The summed E-state index contributed by atoms with van der Waals surface area (Å²) in [4.78, 5) is 13.4. The first-order valence-corrected chi connectivity index (χ1v) is 9.36. The molecule has 0 atom stereocenters. The Bertz CT molecular complexity index is 652. The molecule has 1 aromatic rings. The van der Waals surface area contributed by atoms with E-state index in [-0.39, 0.29) is 11.0 Å². The molecule has 0 saturated carbocycles. The zero-order valence-electron chi connectivity index (χ0n) is 13.1. The Morgan fingerprint density at radius 3 is 2.73 bits per heavy atom. The van der Waals surface area contributed by atoms with Gasteiger partial charge in [0.1, 0.15) is 0 Å². The van der Waals surface area contributed by atoms with Gasteiger partial charge in [-0.25, -0.2) is 13.2 Å². The number of carboxylic acid groups (broad SMARTS) is 1. The third-order valence-corrected chi connectivity index (χ3v) is 6.45. The molecule has 2 rings (SSSR count). The first-order valence-electron chi connectivity index (χ1n) is 7.64. The Hall–Kier alpha value is -1.56. The molecule has 1 aliphatic rings. The van der Waals surface area contributed by atoms with Gasteiger partial charge in [-0.05, 0) is 50.8 Å². The van der Waals surface area contributed by atoms with Crippen LogP contribution in [-0.2, 0) is 16.3 Å². The van der Waals surface area contributed by atoms with Crippen LogP contribution in [0.15, 0.2) is 18.2 Å². The van der Waals surface area contributed by atoms with Crippen LogP contribution < -0.4 is 4.90 Å². The quantitative estimate of drug-likeness (QED) is 0.869. The molecule has 0 fully saturated rings. The van der Waals surface area contributed by atoms with Gasteiger partial charge in [-0.2, -0.15) is 0 Å². The second-order valence-corrected chi connectivity index (χ2v) is 8.65. The van der Waals surface area contributed by atoms with E-state index in [0.717, 1.165) is 30.6 Å². The molecule has 1 aromatic carbocycles. The van der Waals surface area contributed by atoms with Crippen molar-refractivity contribution in [3.05, 3.63) is 29.3 Å². The van der Waals surface area contributed by atoms with Crippen molar-refractivity contribution < 1.29 is 18.3 Å². The monoisotopic (exact) mass is 325 g/mol. The number of benzene rings is 1.